The molecule has 0 spiro atoms. The summed E-state index contributed by atoms with van der Waals surface area (Å²) in [6.07, 6.45) is 0. The second-order valence-electron chi connectivity index (χ2n) is 4.51. The molecule has 0 aliphatic heterocycles. The van der Waals surface area contributed by atoms with Crippen LogP contribution in [0.4, 0.5) is 0 Å². The SMILES string of the molecule is Cc1cccc2nc(CCl)n(-c3c(Cl)cccc3Cl)c12. The third-order valence-electron chi connectivity index (χ3n) is 3.23. The Labute approximate surface area is 131 Å². The van der Waals surface area contributed by atoms with Gasteiger partial charge in [0.1, 0.15) is 5.82 Å². The number of rotatable bonds is 2. The van der Waals surface area contributed by atoms with E-state index < -0.39 is 0 Å². The number of hydrogen-bond acceptors (Lipinski definition) is 1. The Hall–Kier alpha value is -1.22. The molecule has 0 saturated heterocycles. The van der Waals surface area contributed by atoms with Gasteiger partial charge < -0.3 is 0 Å². The fourth-order valence-corrected chi connectivity index (χ4v) is 3.12. The molecule has 1 heterocycles. The average Bonchev–Trinajstić information content (AvgIpc) is 2.79. The number of benzene rings is 2. The number of alkyl halides is 1. The van der Waals surface area contributed by atoms with E-state index in [9.17, 15) is 0 Å². The zero-order valence-electron chi connectivity index (χ0n) is 10.7. The summed E-state index contributed by atoms with van der Waals surface area (Å²) in [5.74, 6) is 1.02. The summed E-state index contributed by atoms with van der Waals surface area (Å²) in [6, 6.07) is 11.4. The van der Waals surface area contributed by atoms with Crippen molar-refractivity contribution in [1.29, 1.82) is 0 Å². The standard InChI is InChI=1S/C15H11Cl3N2/c1-9-4-2-7-12-14(9)20(13(8-16)19-12)15-10(17)5-3-6-11(15)18/h2-7H,8H2,1H3. The number of imidazole rings is 1. The summed E-state index contributed by atoms with van der Waals surface area (Å²) < 4.78 is 1.95. The van der Waals surface area contributed by atoms with Gasteiger partial charge in [-0.25, -0.2) is 4.98 Å². The Kier molecular flexibility index (Phi) is 3.63. The molecule has 2 nitrogen and oxygen atoms in total. The van der Waals surface area contributed by atoms with Gasteiger partial charge in [0.05, 0.1) is 32.6 Å². The first kappa shape index (κ1) is 13.7. The monoisotopic (exact) mass is 324 g/mol. The van der Waals surface area contributed by atoms with Crippen LogP contribution in [0.15, 0.2) is 36.4 Å². The molecule has 3 aromatic rings. The lowest BCUT2D eigenvalue weighted by Crippen LogP contribution is -2.02. The molecule has 0 atom stereocenters. The molecule has 0 fully saturated rings. The lowest BCUT2D eigenvalue weighted by molar-refractivity contribution is 0.979. The molecular formula is C15H11Cl3N2. The molecule has 0 N–H and O–H groups in total. The quantitative estimate of drug-likeness (QED) is 0.578. The van der Waals surface area contributed by atoms with Crippen LogP contribution in [0.3, 0.4) is 0 Å². The summed E-state index contributed by atoms with van der Waals surface area (Å²) >= 11 is 18.7. The van der Waals surface area contributed by atoms with Crippen molar-refractivity contribution in [2.45, 2.75) is 12.8 Å². The Morgan fingerprint density at radius 1 is 1.05 bits per heavy atom. The Morgan fingerprint density at radius 2 is 1.70 bits per heavy atom. The zero-order valence-corrected chi connectivity index (χ0v) is 13.0. The van der Waals surface area contributed by atoms with E-state index in [2.05, 4.69) is 4.98 Å². The summed E-state index contributed by atoms with van der Waals surface area (Å²) in [5, 5.41) is 1.15. The number of halogens is 3. The highest BCUT2D eigenvalue weighted by atomic mass is 35.5. The highest BCUT2D eigenvalue weighted by Crippen LogP contribution is 2.33. The fourth-order valence-electron chi connectivity index (χ4n) is 2.38. The summed E-state index contributed by atoms with van der Waals surface area (Å²) in [7, 11) is 0. The van der Waals surface area contributed by atoms with Crippen molar-refractivity contribution in [2.24, 2.45) is 0 Å². The molecule has 1 aromatic heterocycles. The van der Waals surface area contributed by atoms with Gasteiger partial charge in [-0.05, 0) is 30.7 Å². The van der Waals surface area contributed by atoms with Crippen molar-refractivity contribution < 1.29 is 0 Å². The summed E-state index contributed by atoms with van der Waals surface area (Å²) in [4.78, 5) is 4.56. The van der Waals surface area contributed by atoms with Crippen LogP contribution in [0.1, 0.15) is 11.4 Å². The molecule has 0 aliphatic carbocycles. The average molecular weight is 326 g/mol. The molecule has 0 radical (unpaired) electrons. The van der Waals surface area contributed by atoms with Gasteiger partial charge in [-0.3, -0.25) is 4.57 Å². The zero-order chi connectivity index (χ0) is 14.3. The van der Waals surface area contributed by atoms with Crippen LogP contribution in [0, 0.1) is 6.92 Å². The highest BCUT2D eigenvalue weighted by molar-refractivity contribution is 6.38. The molecule has 5 heteroatoms. The minimum absolute atomic E-state index is 0.287. The van der Waals surface area contributed by atoms with Gasteiger partial charge in [0.2, 0.25) is 0 Å². The molecule has 0 aliphatic rings. The van der Waals surface area contributed by atoms with Crippen molar-refractivity contribution in [2.75, 3.05) is 0 Å². The Bertz CT molecular complexity index is 773. The van der Waals surface area contributed by atoms with E-state index in [1.54, 1.807) is 0 Å². The molecule has 0 amide bonds. The second kappa shape index (κ2) is 5.28. The van der Waals surface area contributed by atoms with Crippen molar-refractivity contribution in [3.63, 3.8) is 0 Å². The van der Waals surface area contributed by atoms with Crippen molar-refractivity contribution >= 4 is 45.8 Å². The number of para-hydroxylation sites is 2. The molecule has 2 aromatic carbocycles. The number of hydrogen-bond donors (Lipinski definition) is 0. The van der Waals surface area contributed by atoms with E-state index in [0.717, 1.165) is 28.1 Å². The van der Waals surface area contributed by atoms with Crippen LogP contribution < -0.4 is 0 Å². The van der Waals surface area contributed by atoms with E-state index in [1.165, 1.54) is 0 Å². The number of nitrogens with zero attached hydrogens (tertiary/aromatic N) is 2. The normalized spacial score (nSPS) is 11.2. The molecule has 102 valence electrons. The maximum atomic E-state index is 6.33. The number of aryl methyl sites for hydroxylation is 1. The maximum Gasteiger partial charge on any atom is 0.129 e. The smallest absolute Gasteiger partial charge is 0.129 e. The molecule has 0 unspecified atom stereocenters. The lowest BCUT2D eigenvalue weighted by atomic mass is 10.2. The molecule has 0 saturated carbocycles. The van der Waals surface area contributed by atoms with Crippen LogP contribution in [-0.4, -0.2) is 9.55 Å². The first-order valence-electron chi connectivity index (χ1n) is 6.10. The van der Waals surface area contributed by atoms with Crippen molar-refractivity contribution in [3.05, 3.63) is 57.8 Å². The van der Waals surface area contributed by atoms with Crippen LogP contribution in [0.2, 0.25) is 10.0 Å². The summed E-state index contributed by atoms with van der Waals surface area (Å²) in [5.41, 5.74) is 3.69. The van der Waals surface area contributed by atoms with Gasteiger partial charge in [-0.15, -0.1) is 11.6 Å². The lowest BCUT2D eigenvalue weighted by Gasteiger charge is -2.12. The van der Waals surface area contributed by atoms with Crippen LogP contribution in [-0.2, 0) is 5.88 Å². The van der Waals surface area contributed by atoms with E-state index in [1.807, 2.05) is 47.9 Å². The fraction of sp³-hybridized carbons (Fsp3) is 0.133. The van der Waals surface area contributed by atoms with Crippen molar-refractivity contribution in [1.82, 2.24) is 9.55 Å². The third kappa shape index (κ3) is 2.08. The minimum atomic E-state index is 0.287. The molecule has 0 bridgehead atoms. The summed E-state index contributed by atoms with van der Waals surface area (Å²) in [6.45, 7) is 2.03. The van der Waals surface area contributed by atoms with E-state index in [-0.39, 0.29) is 5.88 Å². The number of fused-ring (bicyclic) bond motifs is 1. The van der Waals surface area contributed by atoms with Gasteiger partial charge in [-0.2, -0.15) is 0 Å². The predicted octanol–water partition coefficient (Wildman–Crippen LogP) is 5.38. The minimum Gasteiger partial charge on any atom is -0.292 e. The largest absolute Gasteiger partial charge is 0.292 e. The third-order valence-corrected chi connectivity index (χ3v) is 4.08. The van der Waals surface area contributed by atoms with Gasteiger partial charge in [-0.1, -0.05) is 41.4 Å². The van der Waals surface area contributed by atoms with Gasteiger partial charge in [0.15, 0.2) is 0 Å². The molecular weight excluding hydrogens is 315 g/mol. The Balaban J connectivity index is 2.46. The maximum absolute atomic E-state index is 6.33. The Morgan fingerprint density at radius 3 is 2.35 bits per heavy atom. The van der Waals surface area contributed by atoms with Crippen LogP contribution >= 0.6 is 34.8 Å². The number of aromatic nitrogens is 2. The van der Waals surface area contributed by atoms with Crippen LogP contribution in [0.5, 0.6) is 0 Å². The predicted molar refractivity (Wildman–Crippen MR) is 85.4 cm³/mol. The van der Waals surface area contributed by atoms with Crippen LogP contribution in [0.25, 0.3) is 16.7 Å². The molecule has 20 heavy (non-hydrogen) atoms. The first-order valence-corrected chi connectivity index (χ1v) is 7.40. The van der Waals surface area contributed by atoms with E-state index in [0.29, 0.717) is 10.0 Å². The van der Waals surface area contributed by atoms with Gasteiger partial charge >= 0.3 is 0 Å². The first-order chi connectivity index (χ1) is 9.63. The second-order valence-corrected chi connectivity index (χ2v) is 5.59. The highest BCUT2D eigenvalue weighted by Gasteiger charge is 2.17. The van der Waals surface area contributed by atoms with Crippen molar-refractivity contribution in [3.8, 4) is 5.69 Å². The van der Waals surface area contributed by atoms with E-state index >= 15 is 0 Å². The topological polar surface area (TPSA) is 17.8 Å². The van der Waals surface area contributed by atoms with E-state index in [4.69, 9.17) is 34.8 Å². The van der Waals surface area contributed by atoms with Gasteiger partial charge in [0.25, 0.3) is 0 Å². The van der Waals surface area contributed by atoms with Gasteiger partial charge in [0, 0.05) is 0 Å². The molecule has 3 rings (SSSR count).